The van der Waals surface area contributed by atoms with Crippen molar-refractivity contribution in [3.63, 3.8) is 0 Å². The third kappa shape index (κ3) is 6.69. The second-order valence-electron chi connectivity index (χ2n) is 15.0. The van der Waals surface area contributed by atoms with Gasteiger partial charge in [0.1, 0.15) is 0 Å². The molecule has 0 aliphatic heterocycles. The fourth-order valence-corrected chi connectivity index (χ4v) is 8.75. The van der Waals surface area contributed by atoms with Gasteiger partial charge in [-0.2, -0.15) is 0 Å². The summed E-state index contributed by atoms with van der Waals surface area (Å²) >= 11 is 1.86. The highest BCUT2D eigenvalue weighted by atomic mass is 32.1. The molecule has 266 valence electrons. The summed E-state index contributed by atoms with van der Waals surface area (Å²) in [7, 11) is 0. The molecular weight excluding hydrogens is 685 g/mol. The van der Waals surface area contributed by atoms with E-state index in [1.54, 1.807) is 0 Å². The molecule has 0 atom stereocenters. The van der Waals surface area contributed by atoms with E-state index in [0.29, 0.717) is 0 Å². The Labute approximate surface area is 328 Å². The first-order valence-corrected chi connectivity index (χ1v) is 19.8. The van der Waals surface area contributed by atoms with Crippen molar-refractivity contribution in [3.05, 3.63) is 206 Å². The van der Waals surface area contributed by atoms with Crippen LogP contribution in [-0.2, 0) is 5.41 Å². The minimum atomic E-state index is -0.148. The summed E-state index contributed by atoms with van der Waals surface area (Å²) in [6, 6.07) is 72.7. The van der Waals surface area contributed by atoms with E-state index in [1.807, 2.05) is 11.3 Å². The molecule has 0 aliphatic rings. The molecule has 9 aromatic rings. The Balaban J connectivity index is 1.37. The van der Waals surface area contributed by atoms with Crippen LogP contribution in [0, 0.1) is 0 Å². The van der Waals surface area contributed by atoms with Gasteiger partial charge in [-0.1, -0.05) is 154 Å². The SMILES string of the molecule is CC(C)(C)c1cc(N(c2ccccc2)c2cccc(-c3ccccc3)c2)c(-c2ccccc2)c(N(c2ccccc2)c2ccc3c(c2)sc2ccccc23)c1. The molecule has 0 amide bonds. The number of para-hydroxylation sites is 2. The number of hydrogen-bond donors (Lipinski definition) is 0. The van der Waals surface area contributed by atoms with Crippen LogP contribution >= 0.6 is 11.3 Å². The summed E-state index contributed by atoms with van der Waals surface area (Å²) in [4.78, 5) is 4.92. The van der Waals surface area contributed by atoms with E-state index in [4.69, 9.17) is 0 Å². The average molecular weight is 727 g/mol. The van der Waals surface area contributed by atoms with Gasteiger partial charge < -0.3 is 9.80 Å². The monoisotopic (exact) mass is 726 g/mol. The third-order valence-electron chi connectivity index (χ3n) is 10.4. The van der Waals surface area contributed by atoms with Crippen molar-refractivity contribution in [2.24, 2.45) is 0 Å². The van der Waals surface area contributed by atoms with Gasteiger partial charge in [-0.15, -0.1) is 11.3 Å². The van der Waals surface area contributed by atoms with Crippen LogP contribution in [0.25, 0.3) is 42.4 Å². The fourth-order valence-electron chi connectivity index (χ4n) is 7.62. The highest BCUT2D eigenvalue weighted by molar-refractivity contribution is 7.25. The minimum absolute atomic E-state index is 0.148. The van der Waals surface area contributed by atoms with Gasteiger partial charge in [0.25, 0.3) is 0 Å². The molecule has 0 saturated carbocycles. The zero-order valence-corrected chi connectivity index (χ0v) is 32.2. The van der Waals surface area contributed by atoms with Crippen LogP contribution in [0.5, 0.6) is 0 Å². The van der Waals surface area contributed by atoms with Crippen molar-refractivity contribution in [2.75, 3.05) is 9.80 Å². The molecule has 1 heterocycles. The van der Waals surface area contributed by atoms with E-state index in [-0.39, 0.29) is 5.41 Å². The Bertz CT molecular complexity index is 2730. The van der Waals surface area contributed by atoms with Crippen molar-refractivity contribution in [2.45, 2.75) is 26.2 Å². The Hall–Kier alpha value is -6.42. The number of rotatable bonds is 8. The summed E-state index contributed by atoms with van der Waals surface area (Å²) in [6.45, 7) is 6.95. The zero-order valence-electron chi connectivity index (χ0n) is 31.4. The van der Waals surface area contributed by atoms with Crippen molar-refractivity contribution in [3.8, 4) is 22.3 Å². The van der Waals surface area contributed by atoms with Crippen LogP contribution in [-0.4, -0.2) is 0 Å². The normalized spacial score (nSPS) is 11.5. The van der Waals surface area contributed by atoms with Crippen molar-refractivity contribution < 1.29 is 0 Å². The molecule has 0 unspecified atom stereocenters. The molecule has 0 aliphatic carbocycles. The molecule has 8 aromatic carbocycles. The van der Waals surface area contributed by atoms with Gasteiger partial charge in [-0.25, -0.2) is 0 Å². The lowest BCUT2D eigenvalue weighted by Gasteiger charge is -2.35. The summed E-state index contributed by atoms with van der Waals surface area (Å²) in [6.07, 6.45) is 0. The predicted molar refractivity (Wildman–Crippen MR) is 238 cm³/mol. The number of thiophene rings is 1. The molecule has 0 N–H and O–H groups in total. The van der Waals surface area contributed by atoms with Crippen LogP contribution in [0.4, 0.5) is 34.1 Å². The van der Waals surface area contributed by atoms with E-state index in [2.05, 4.69) is 231 Å². The summed E-state index contributed by atoms with van der Waals surface area (Å²) in [5.74, 6) is 0. The molecule has 0 fully saturated rings. The van der Waals surface area contributed by atoms with Crippen LogP contribution in [0.15, 0.2) is 200 Å². The lowest BCUT2D eigenvalue weighted by molar-refractivity contribution is 0.590. The van der Waals surface area contributed by atoms with Gasteiger partial charge in [-0.05, 0) is 94.4 Å². The largest absolute Gasteiger partial charge is 0.310 e. The van der Waals surface area contributed by atoms with Crippen molar-refractivity contribution >= 4 is 65.6 Å². The fraction of sp³-hybridized carbons (Fsp3) is 0.0769. The molecule has 0 bridgehead atoms. The van der Waals surface area contributed by atoms with E-state index in [1.165, 1.54) is 36.9 Å². The second-order valence-corrected chi connectivity index (χ2v) is 16.1. The quantitative estimate of drug-likeness (QED) is 0.154. The van der Waals surface area contributed by atoms with Gasteiger partial charge in [-0.3, -0.25) is 0 Å². The van der Waals surface area contributed by atoms with Gasteiger partial charge in [0.05, 0.1) is 11.4 Å². The first kappa shape index (κ1) is 34.4. The number of fused-ring (bicyclic) bond motifs is 3. The van der Waals surface area contributed by atoms with Gasteiger partial charge in [0.2, 0.25) is 0 Å². The van der Waals surface area contributed by atoms with Crippen LogP contribution in [0.2, 0.25) is 0 Å². The highest BCUT2D eigenvalue weighted by Crippen LogP contribution is 2.51. The first-order chi connectivity index (χ1) is 26.9. The van der Waals surface area contributed by atoms with Crippen molar-refractivity contribution in [1.82, 2.24) is 0 Å². The maximum atomic E-state index is 2.47. The lowest BCUT2D eigenvalue weighted by Crippen LogP contribution is -2.19. The standard InChI is InChI=1S/C52H42N2S/c1-52(2,3)40-34-47(53(41-24-12-6-13-25-41)43-28-18-23-39(33-43)37-19-8-4-9-20-37)51(38-21-10-5-11-22-38)48(35-40)54(42-26-14-7-15-27-42)44-31-32-46-45-29-16-17-30-49(45)55-50(46)36-44/h4-36H,1-3H3. The molecule has 55 heavy (non-hydrogen) atoms. The number of hydrogen-bond acceptors (Lipinski definition) is 3. The number of anilines is 6. The molecule has 1 aromatic heterocycles. The van der Waals surface area contributed by atoms with E-state index >= 15 is 0 Å². The second kappa shape index (κ2) is 14.4. The highest BCUT2D eigenvalue weighted by Gasteiger charge is 2.28. The zero-order chi connectivity index (χ0) is 37.4. The molecule has 0 spiro atoms. The minimum Gasteiger partial charge on any atom is -0.310 e. The maximum Gasteiger partial charge on any atom is 0.0564 e. The predicted octanol–water partition coefficient (Wildman–Crippen LogP) is 15.6. The van der Waals surface area contributed by atoms with Gasteiger partial charge in [0.15, 0.2) is 0 Å². The van der Waals surface area contributed by atoms with E-state index < -0.39 is 0 Å². The molecule has 0 radical (unpaired) electrons. The van der Waals surface area contributed by atoms with Crippen LogP contribution in [0.3, 0.4) is 0 Å². The van der Waals surface area contributed by atoms with Gasteiger partial charge >= 0.3 is 0 Å². The Morgan fingerprint density at radius 3 is 1.44 bits per heavy atom. The third-order valence-corrected chi connectivity index (χ3v) is 11.5. The van der Waals surface area contributed by atoms with Crippen LogP contribution < -0.4 is 9.80 Å². The maximum absolute atomic E-state index is 2.47. The summed E-state index contributed by atoms with van der Waals surface area (Å²) in [5, 5.41) is 2.59. The first-order valence-electron chi connectivity index (χ1n) is 18.9. The Morgan fingerprint density at radius 1 is 0.364 bits per heavy atom. The smallest absolute Gasteiger partial charge is 0.0564 e. The Morgan fingerprint density at radius 2 is 0.836 bits per heavy atom. The topological polar surface area (TPSA) is 6.48 Å². The van der Waals surface area contributed by atoms with E-state index in [0.717, 1.165) is 45.3 Å². The summed E-state index contributed by atoms with van der Waals surface area (Å²) < 4.78 is 2.58. The van der Waals surface area contributed by atoms with Crippen molar-refractivity contribution in [1.29, 1.82) is 0 Å². The average Bonchev–Trinajstić information content (AvgIpc) is 3.60. The van der Waals surface area contributed by atoms with E-state index in [9.17, 15) is 0 Å². The summed E-state index contributed by atoms with van der Waals surface area (Å²) in [5.41, 5.74) is 12.4. The lowest BCUT2D eigenvalue weighted by atomic mass is 9.84. The molecule has 9 rings (SSSR count). The molecule has 0 saturated heterocycles. The molecular formula is C52H42N2S. The number of nitrogens with zero attached hydrogens (tertiary/aromatic N) is 2. The molecule has 3 heteroatoms. The van der Waals surface area contributed by atoms with Gasteiger partial charge in [0, 0.05) is 48.5 Å². The molecule has 2 nitrogen and oxygen atoms in total. The van der Waals surface area contributed by atoms with Crippen LogP contribution in [0.1, 0.15) is 26.3 Å². The number of benzene rings is 8. The Kier molecular flexibility index (Phi) is 9.01.